The molecule has 0 spiro atoms. The summed E-state index contributed by atoms with van der Waals surface area (Å²) in [6.07, 6.45) is 7.09. The van der Waals surface area contributed by atoms with Crippen molar-refractivity contribution >= 4 is 33.0 Å². The molecule has 8 heteroatoms. The van der Waals surface area contributed by atoms with Gasteiger partial charge in [0.25, 0.3) is 10.0 Å². The van der Waals surface area contributed by atoms with Crippen molar-refractivity contribution in [3.8, 4) is 0 Å². The molecule has 0 saturated carbocycles. The van der Waals surface area contributed by atoms with Crippen LogP contribution in [-0.4, -0.2) is 54.8 Å². The van der Waals surface area contributed by atoms with Gasteiger partial charge >= 0.3 is 0 Å². The lowest BCUT2D eigenvalue weighted by Crippen LogP contribution is -2.48. The highest BCUT2D eigenvalue weighted by Crippen LogP contribution is 2.29. The summed E-state index contributed by atoms with van der Waals surface area (Å²) in [5.74, 6) is 0. The van der Waals surface area contributed by atoms with Crippen molar-refractivity contribution in [3.05, 3.63) is 10.7 Å². The first-order valence-electron chi connectivity index (χ1n) is 7.43. The lowest BCUT2D eigenvalue weighted by Gasteiger charge is -2.39. The predicted molar refractivity (Wildman–Crippen MR) is 84.3 cm³/mol. The molecule has 118 valence electrons. The number of thiazole rings is 1. The van der Waals surface area contributed by atoms with Crippen molar-refractivity contribution < 1.29 is 8.42 Å². The predicted octanol–water partition coefficient (Wildman–Crippen LogP) is 2.44. The van der Waals surface area contributed by atoms with E-state index in [2.05, 4.69) is 9.88 Å². The Bertz CT molecular complexity index is 576. The number of likely N-dealkylation sites (tertiary alicyclic amines) is 1. The van der Waals surface area contributed by atoms with Crippen molar-refractivity contribution in [2.75, 3.05) is 26.2 Å². The summed E-state index contributed by atoms with van der Waals surface area (Å²) in [5, 5.41) is 0. The summed E-state index contributed by atoms with van der Waals surface area (Å²) in [5.41, 5.74) is 0. The van der Waals surface area contributed by atoms with E-state index in [0.717, 1.165) is 24.2 Å². The topological polar surface area (TPSA) is 53.5 Å². The van der Waals surface area contributed by atoms with Gasteiger partial charge in [0.1, 0.15) is 0 Å². The van der Waals surface area contributed by atoms with Gasteiger partial charge in [0.15, 0.2) is 8.68 Å². The lowest BCUT2D eigenvalue weighted by atomic mass is 10.0. The molecule has 2 aliphatic rings. The zero-order valence-corrected chi connectivity index (χ0v) is 14.3. The zero-order valence-electron chi connectivity index (χ0n) is 11.9. The summed E-state index contributed by atoms with van der Waals surface area (Å²) < 4.78 is 27.1. The smallest absolute Gasteiger partial charge is 0.254 e. The van der Waals surface area contributed by atoms with Crippen LogP contribution in [0, 0.1) is 0 Å². The Morgan fingerprint density at radius 3 is 2.38 bits per heavy atom. The van der Waals surface area contributed by atoms with E-state index in [9.17, 15) is 8.42 Å². The molecule has 5 nitrogen and oxygen atoms in total. The van der Waals surface area contributed by atoms with Gasteiger partial charge in [-0.05, 0) is 38.8 Å². The van der Waals surface area contributed by atoms with E-state index < -0.39 is 10.0 Å². The first-order chi connectivity index (χ1) is 10.1. The van der Waals surface area contributed by atoms with Crippen molar-refractivity contribution in [2.24, 2.45) is 0 Å². The number of aromatic nitrogens is 1. The van der Waals surface area contributed by atoms with Gasteiger partial charge in [0.05, 0.1) is 6.20 Å². The molecular formula is C13H20ClN3O2S2. The molecule has 0 radical (unpaired) electrons. The van der Waals surface area contributed by atoms with Gasteiger partial charge in [-0.25, -0.2) is 13.4 Å². The van der Waals surface area contributed by atoms with Crippen molar-refractivity contribution in [1.29, 1.82) is 0 Å². The third-order valence-corrected chi connectivity index (χ3v) is 7.83. The van der Waals surface area contributed by atoms with Crippen molar-refractivity contribution in [3.63, 3.8) is 0 Å². The standard InChI is InChI=1S/C13H20ClN3O2S2/c14-13-15-10-12(20-13)21(18,19)17-8-4-11(5-9-17)16-6-2-1-3-7-16/h10-11H,1-9H2. The third kappa shape index (κ3) is 3.42. The third-order valence-electron chi connectivity index (χ3n) is 4.38. The molecule has 0 unspecified atom stereocenters. The van der Waals surface area contributed by atoms with Crippen LogP contribution in [0.4, 0.5) is 0 Å². The average Bonchev–Trinajstić information content (AvgIpc) is 2.96. The van der Waals surface area contributed by atoms with E-state index in [-0.39, 0.29) is 8.68 Å². The summed E-state index contributed by atoms with van der Waals surface area (Å²) in [6.45, 7) is 3.53. The van der Waals surface area contributed by atoms with Crippen molar-refractivity contribution in [2.45, 2.75) is 42.4 Å². The molecule has 0 atom stereocenters. The first kappa shape index (κ1) is 15.7. The van der Waals surface area contributed by atoms with Crippen LogP contribution in [0.3, 0.4) is 0 Å². The quantitative estimate of drug-likeness (QED) is 0.841. The largest absolute Gasteiger partial charge is 0.300 e. The molecule has 1 aromatic rings. The maximum atomic E-state index is 12.5. The molecule has 0 bridgehead atoms. The highest BCUT2D eigenvalue weighted by molar-refractivity contribution is 7.91. The van der Waals surface area contributed by atoms with E-state index in [4.69, 9.17) is 11.6 Å². The zero-order chi connectivity index (χ0) is 14.9. The second-order valence-electron chi connectivity index (χ2n) is 5.66. The number of halogens is 1. The van der Waals surface area contributed by atoms with E-state index in [1.807, 2.05) is 0 Å². The second-order valence-corrected chi connectivity index (χ2v) is 9.44. The molecule has 2 fully saturated rings. The molecule has 0 aromatic carbocycles. The monoisotopic (exact) mass is 349 g/mol. The summed E-state index contributed by atoms with van der Waals surface area (Å²) in [7, 11) is -3.41. The molecule has 0 amide bonds. The fourth-order valence-corrected chi connectivity index (χ4v) is 6.14. The summed E-state index contributed by atoms with van der Waals surface area (Å²) in [6, 6.07) is 0.543. The van der Waals surface area contributed by atoms with Crippen LogP contribution in [0.5, 0.6) is 0 Å². The minimum absolute atomic E-state index is 0.254. The minimum atomic E-state index is -3.41. The van der Waals surface area contributed by atoms with Crippen LogP contribution < -0.4 is 0 Å². The molecule has 2 saturated heterocycles. The van der Waals surface area contributed by atoms with Crippen LogP contribution in [0.1, 0.15) is 32.1 Å². The Labute approximate surface area is 135 Å². The number of hydrogen-bond acceptors (Lipinski definition) is 5. The van der Waals surface area contributed by atoms with Crippen LogP contribution >= 0.6 is 22.9 Å². The summed E-state index contributed by atoms with van der Waals surface area (Å²) in [4.78, 5) is 6.37. The molecule has 21 heavy (non-hydrogen) atoms. The Morgan fingerprint density at radius 2 is 1.81 bits per heavy atom. The molecule has 3 rings (SSSR count). The van der Waals surface area contributed by atoms with Gasteiger partial charge in [-0.15, -0.1) is 0 Å². The molecule has 3 heterocycles. The van der Waals surface area contributed by atoms with Crippen LogP contribution in [0.25, 0.3) is 0 Å². The van der Waals surface area contributed by atoms with E-state index >= 15 is 0 Å². The Kier molecular flexibility index (Phi) is 4.85. The van der Waals surface area contributed by atoms with Gasteiger partial charge in [0.2, 0.25) is 0 Å². The maximum absolute atomic E-state index is 12.5. The Morgan fingerprint density at radius 1 is 1.14 bits per heavy atom. The van der Waals surface area contributed by atoms with Gasteiger partial charge in [-0.3, -0.25) is 0 Å². The van der Waals surface area contributed by atoms with Crippen LogP contribution in [0.15, 0.2) is 10.4 Å². The Balaban J connectivity index is 1.62. The van der Waals surface area contributed by atoms with Gasteiger partial charge < -0.3 is 4.90 Å². The molecular weight excluding hydrogens is 330 g/mol. The van der Waals surface area contributed by atoms with Crippen LogP contribution in [0.2, 0.25) is 4.47 Å². The molecule has 0 N–H and O–H groups in total. The second kappa shape index (κ2) is 6.50. The number of sulfonamides is 1. The number of rotatable bonds is 3. The molecule has 1 aromatic heterocycles. The molecule has 0 aliphatic carbocycles. The maximum Gasteiger partial charge on any atom is 0.254 e. The fourth-order valence-electron chi connectivity index (χ4n) is 3.22. The van der Waals surface area contributed by atoms with E-state index in [1.54, 1.807) is 4.31 Å². The van der Waals surface area contributed by atoms with E-state index in [0.29, 0.717) is 19.1 Å². The first-order valence-corrected chi connectivity index (χ1v) is 10.1. The summed E-state index contributed by atoms with van der Waals surface area (Å²) >= 11 is 6.78. The lowest BCUT2D eigenvalue weighted by molar-refractivity contribution is 0.118. The average molecular weight is 350 g/mol. The fraction of sp³-hybridized carbons (Fsp3) is 0.769. The normalized spacial score (nSPS) is 23.5. The van der Waals surface area contributed by atoms with Gasteiger partial charge in [0, 0.05) is 19.1 Å². The van der Waals surface area contributed by atoms with Crippen LogP contribution in [-0.2, 0) is 10.0 Å². The van der Waals surface area contributed by atoms with Gasteiger partial charge in [-0.1, -0.05) is 29.4 Å². The number of nitrogens with zero attached hydrogens (tertiary/aromatic N) is 3. The van der Waals surface area contributed by atoms with Crippen molar-refractivity contribution in [1.82, 2.24) is 14.2 Å². The highest BCUT2D eigenvalue weighted by Gasteiger charge is 2.33. The van der Waals surface area contributed by atoms with E-state index in [1.165, 1.54) is 38.5 Å². The van der Waals surface area contributed by atoms with Gasteiger partial charge in [-0.2, -0.15) is 4.31 Å². The minimum Gasteiger partial charge on any atom is -0.300 e. The molecule has 2 aliphatic heterocycles. The number of piperidine rings is 2. The highest BCUT2D eigenvalue weighted by atomic mass is 35.5. The SMILES string of the molecule is O=S(=O)(c1cnc(Cl)s1)N1CCC(N2CCCCC2)CC1. The number of hydrogen-bond donors (Lipinski definition) is 0. The Hall–Kier alpha value is -0.210.